The quantitative estimate of drug-likeness (QED) is 0.518. The third kappa shape index (κ3) is 3.18. The summed E-state index contributed by atoms with van der Waals surface area (Å²) in [7, 11) is -3.31. The van der Waals surface area contributed by atoms with Gasteiger partial charge in [0, 0.05) is 17.2 Å². The standard InChI is InChI=1S/C19H14N2O3S2/c1-26(22,23)15-9-5-8-14(10-15)24-18-17-16(13-6-3-2-4-7-13)11-25-19(17)21-12-20-18/h2-12H,1H3. The van der Waals surface area contributed by atoms with E-state index in [-0.39, 0.29) is 4.90 Å². The minimum Gasteiger partial charge on any atom is -0.438 e. The van der Waals surface area contributed by atoms with Gasteiger partial charge in [-0.3, -0.25) is 0 Å². The third-order valence-electron chi connectivity index (χ3n) is 3.87. The van der Waals surface area contributed by atoms with Crippen LogP contribution in [0.2, 0.25) is 0 Å². The molecule has 0 atom stereocenters. The van der Waals surface area contributed by atoms with Crippen molar-refractivity contribution in [3.8, 4) is 22.8 Å². The van der Waals surface area contributed by atoms with E-state index in [9.17, 15) is 8.42 Å². The largest absolute Gasteiger partial charge is 0.438 e. The van der Waals surface area contributed by atoms with E-state index in [2.05, 4.69) is 9.97 Å². The molecule has 4 aromatic rings. The molecule has 0 saturated heterocycles. The van der Waals surface area contributed by atoms with Crippen molar-refractivity contribution in [1.82, 2.24) is 9.97 Å². The molecule has 0 fully saturated rings. The van der Waals surface area contributed by atoms with Gasteiger partial charge in [0.1, 0.15) is 16.9 Å². The third-order valence-corrected chi connectivity index (χ3v) is 5.87. The fourth-order valence-electron chi connectivity index (χ4n) is 2.64. The number of fused-ring (bicyclic) bond motifs is 1. The van der Waals surface area contributed by atoms with Crippen molar-refractivity contribution >= 4 is 31.4 Å². The minimum absolute atomic E-state index is 0.203. The Kier molecular flexibility index (Phi) is 4.18. The maximum absolute atomic E-state index is 11.8. The molecular weight excluding hydrogens is 368 g/mol. The number of hydrogen-bond acceptors (Lipinski definition) is 6. The number of benzene rings is 2. The Hall–Kier alpha value is -2.77. The second-order valence-corrected chi connectivity index (χ2v) is 8.60. The lowest BCUT2D eigenvalue weighted by molar-refractivity contribution is 0.466. The minimum atomic E-state index is -3.31. The number of hydrogen-bond donors (Lipinski definition) is 0. The first-order chi connectivity index (χ1) is 12.5. The molecule has 26 heavy (non-hydrogen) atoms. The van der Waals surface area contributed by atoms with Crippen molar-refractivity contribution < 1.29 is 13.2 Å². The Balaban J connectivity index is 1.82. The number of nitrogens with zero attached hydrogens (tertiary/aromatic N) is 2. The first-order valence-corrected chi connectivity index (χ1v) is 10.5. The zero-order valence-corrected chi connectivity index (χ0v) is 15.4. The Morgan fingerprint density at radius 1 is 1.00 bits per heavy atom. The first-order valence-electron chi connectivity index (χ1n) is 7.78. The molecule has 0 spiro atoms. The van der Waals surface area contributed by atoms with Crippen molar-refractivity contribution in [2.45, 2.75) is 4.90 Å². The number of ether oxygens (including phenoxy) is 1. The first kappa shape index (κ1) is 16.7. The smallest absolute Gasteiger partial charge is 0.231 e. The van der Waals surface area contributed by atoms with Gasteiger partial charge in [0.15, 0.2) is 9.84 Å². The van der Waals surface area contributed by atoms with Crippen molar-refractivity contribution in [3.05, 3.63) is 66.3 Å². The Bertz CT molecular complexity index is 1190. The molecule has 0 aliphatic heterocycles. The van der Waals surface area contributed by atoms with Crippen molar-refractivity contribution in [2.75, 3.05) is 6.26 Å². The summed E-state index contributed by atoms with van der Waals surface area (Å²) in [6.07, 6.45) is 2.62. The summed E-state index contributed by atoms with van der Waals surface area (Å²) < 4.78 is 29.5. The predicted molar refractivity (Wildman–Crippen MR) is 102 cm³/mol. The number of thiophene rings is 1. The summed E-state index contributed by atoms with van der Waals surface area (Å²) in [4.78, 5) is 9.61. The molecule has 2 heterocycles. The maximum Gasteiger partial charge on any atom is 0.231 e. The summed E-state index contributed by atoms with van der Waals surface area (Å²) in [6.45, 7) is 0. The van der Waals surface area contributed by atoms with Gasteiger partial charge in [0.25, 0.3) is 0 Å². The molecule has 0 aliphatic carbocycles. The molecule has 4 rings (SSSR count). The van der Waals surface area contributed by atoms with Crippen LogP contribution >= 0.6 is 11.3 Å². The van der Waals surface area contributed by atoms with E-state index >= 15 is 0 Å². The summed E-state index contributed by atoms with van der Waals surface area (Å²) in [5, 5.41) is 2.84. The van der Waals surface area contributed by atoms with Crippen molar-refractivity contribution in [1.29, 1.82) is 0 Å². The van der Waals surface area contributed by atoms with Crippen LogP contribution in [-0.2, 0) is 9.84 Å². The van der Waals surface area contributed by atoms with Crippen LogP contribution in [-0.4, -0.2) is 24.6 Å². The SMILES string of the molecule is CS(=O)(=O)c1cccc(Oc2ncnc3scc(-c4ccccc4)c23)c1. The van der Waals surface area contributed by atoms with Crippen LogP contribution in [0.4, 0.5) is 0 Å². The van der Waals surface area contributed by atoms with Gasteiger partial charge in [0.2, 0.25) is 5.88 Å². The monoisotopic (exact) mass is 382 g/mol. The Labute approximate surface area is 154 Å². The molecule has 0 radical (unpaired) electrons. The van der Waals surface area contributed by atoms with Crippen LogP contribution in [0.25, 0.3) is 21.3 Å². The van der Waals surface area contributed by atoms with E-state index in [0.717, 1.165) is 21.3 Å². The lowest BCUT2D eigenvalue weighted by Crippen LogP contribution is -1.97. The summed E-state index contributed by atoms with van der Waals surface area (Å²) in [5.74, 6) is 0.818. The Morgan fingerprint density at radius 3 is 2.58 bits per heavy atom. The van der Waals surface area contributed by atoms with Crippen molar-refractivity contribution in [2.24, 2.45) is 0 Å². The topological polar surface area (TPSA) is 69.2 Å². The van der Waals surface area contributed by atoms with Gasteiger partial charge in [0.05, 0.1) is 10.3 Å². The van der Waals surface area contributed by atoms with Gasteiger partial charge in [-0.2, -0.15) is 0 Å². The molecule has 7 heteroatoms. The highest BCUT2D eigenvalue weighted by Gasteiger charge is 2.15. The van der Waals surface area contributed by atoms with Crippen LogP contribution in [0.5, 0.6) is 11.6 Å². The van der Waals surface area contributed by atoms with Gasteiger partial charge >= 0.3 is 0 Å². The zero-order valence-electron chi connectivity index (χ0n) is 13.8. The summed E-state index contributed by atoms with van der Waals surface area (Å²) >= 11 is 1.51. The molecule has 5 nitrogen and oxygen atoms in total. The van der Waals surface area contributed by atoms with E-state index in [0.29, 0.717) is 11.6 Å². The number of sulfone groups is 1. The van der Waals surface area contributed by atoms with E-state index in [1.165, 1.54) is 36.1 Å². The van der Waals surface area contributed by atoms with Crippen LogP contribution in [0, 0.1) is 0 Å². The Morgan fingerprint density at radius 2 is 1.81 bits per heavy atom. The molecular formula is C19H14N2O3S2. The number of rotatable bonds is 4. The highest BCUT2D eigenvalue weighted by atomic mass is 32.2. The highest BCUT2D eigenvalue weighted by Crippen LogP contribution is 2.39. The van der Waals surface area contributed by atoms with Gasteiger partial charge in [-0.15, -0.1) is 11.3 Å². The molecule has 0 aliphatic rings. The molecule has 2 aromatic carbocycles. The van der Waals surface area contributed by atoms with Gasteiger partial charge in [-0.05, 0) is 23.8 Å². The van der Waals surface area contributed by atoms with E-state index in [1.807, 2.05) is 35.7 Å². The fraction of sp³-hybridized carbons (Fsp3) is 0.0526. The second kappa shape index (κ2) is 6.51. The van der Waals surface area contributed by atoms with Crippen molar-refractivity contribution in [3.63, 3.8) is 0 Å². The van der Waals surface area contributed by atoms with Crippen LogP contribution in [0.1, 0.15) is 0 Å². The fourth-order valence-corrected chi connectivity index (χ4v) is 4.20. The molecule has 2 aromatic heterocycles. The average Bonchev–Trinajstić information content (AvgIpc) is 3.07. The van der Waals surface area contributed by atoms with E-state index in [4.69, 9.17) is 4.74 Å². The van der Waals surface area contributed by atoms with Crippen LogP contribution in [0.3, 0.4) is 0 Å². The van der Waals surface area contributed by atoms with Gasteiger partial charge in [-0.25, -0.2) is 18.4 Å². The number of aromatic nitrogens is 2. The molecule has 130 valence electrons. The highest BCUT2D eigenvalue weighted by molar-refractivity contribution is 7.90. The summed E-state index contributed by atoms with van der Waals surface area (Å²) in [5.41, 5.74) is 2.03. The molecule has 0 saturated carbocycles. The second-order valence-electron chi connectivity index (χ2n) is 5.72. The molecule has 0 amide bonds. The zero-order chi connectivity index (χ0) is 18.1. The predicted octanol–water partition coefficient (Wildman–Crippen LogP) is 4.55. The van der Waals surface area contributed by atoms with E-state index < -0.39 is 9.84 Å². The normalized spacial score (nSPS) is 11.6. The average molecular weight is 382 g/mol. The molecule has 0 bridgehead atoms. The van der Waals surface area contributed by atoms with Gasteiger partial charge < -0.3 is 4.74 Å². The molecule has 0 unspecified atom stereocenters. The van der Waals surface area contributed by atoms with E-state index in [1.54, 1.807) is 12.1 Å². The van der Waals surface area contributed by atoms with Gasteiger partial charge in [-0.1, -0.05) is 36.4 Å². The molecule has 0 N–H and O–H groups in total. The maximum atomic E-state index is 11.8. The van der Waals surface area contributed by atoms with Crippen LogP contribution in [0.15, 0.2) is 71.2 Å². The summed E-state index contributed by atoms with van der Waals surface area (Å²) in [6, 6.07) is 16.3. The lowest BCUT2D eigenvalue weighted by atomic mass is 10.1. The lowest BCUT2D eigenvalue weighted by Gasteiger charge is -2.08. The van der Waals surface area contributed by atoms with Crippen LogP contribution < -0.4 is 4.74 Å².